The predicted octanol–water partition coefficient (Wildman–Crippen LogP) is 2.42. The van der Waals surface area contributed by atoms with Gasteiger partial charge >= 0.3 is 0 Å². The molecule has 3 N–H and O–H groups in total. The molecule has 0 saturated carbocycles. The molecule has 2 aromatic heterocycles. The van der Waals surface area contributed by atoms with Crippen LogP contribution in [-0.2, 0) is 10.0 Å². The van der Waals surface area contributed by atoms with Crippen molar-refractivity contribution in [3.63, 3.8) is 0 Å². The van der Waals surface area contributed by atoms with Gasteiger partial charge in [-0.05, 0) is 31.2 Å². The lowest BCUT2D eigenvalue weighted by Gasteiger charge is -2.13. The first-order valence-electron chi connectivity index (χ1n) is 5.38. The Balaban J connectivity index is 2.25. The molecule has 5 nitrogen and oxygen atoms in total. The van der Waals surface area contributed by atoms with Crippen molar-refractivity contribution < 1.29 is 8.42 Å². The van der Waals surface area contributed by atoms with Gasteiger partial charge in [-0.25, -0.2) is 18.1 Å². The molecule has 8 heteroatoms. The Morgan fingerprint density at radius 1 is 1.42 bits per heavy atom. The standard InChI is InChI=1S/C11H12ClN3O2S2/c1-7(9-4-5-10(12)18-9)15-19(16,17)11-8(13)3-2-6-14-11/h2-7,15H,13H2,1H3. The molecule has 0 aliphatic heterocycles. The Morgan fingerprint density at radius 2 is 2.16 bits per heavy atom. The topological polar surface area (TPSA) is 85.1 Å². The second kappa shape index (κ2) is 5.46. The van der Waals surface area contributed by atoms with E-state index in [1.807, 2.05) is 0 Å². The second-order valence-corrected chi connectivity index (χ2v) is 7.26. The van der Waals surface area contributed by atoms with E-state index in [4.69, 9.17) is 17.3 Å². The summed E-state index contributed by atoms with van der Waals surface area (Å²) < 4.78 is 27.5. The molecule has 1 atom stereocenters. The molecular formula is C11H12ClN3O2S2. The fourth-order valence-corrected chi connectivity index (χ4v) is 3.96. The van der Waals surface area contributed by atoms with Gasteiger partial charge in [0.2, 0.25) is 0 Å². The second-order valence-electron chi connectivity index (χ2n) is 3.88. The maximum absolute atomic E-state index is 12.2. The Kier molecular flexibility index (Phi) is 4.10. The van der Waals surface area contributed by atoms with Gasteiger partial charge in [0.05, 0.1) is 16.1 Å². The molecule has 102 valence electrons. The summed E-state index contributed by atoms with van der Waals surface area (Å²) in [5.74, 6) is 0. The molecule has 0 amide bonds. The van der Waals surface area contributed by atoms with Gasteiger partial charge in [0, 0.05) is 11.1 Å². The quantitative estimate of drug-likeness (QED) is 0.907. The van der Waals surface area contributed by atoms with Crippen molar-refractivity contribution in [3.8, 4) is 0 Å². The summed E-state index contributed by atoms with van der Waals surface area (Å²) in [6.45, 7) is 1.73. The molecule has 2 aromatic rings. The number of pyridine rings is 1. The molecular weight excluding hydrogens is 306 g/mol. The summed E-state index contributed by atoms with van der Waals surface area (Å²) in [6, 6.07) is 6.18. The van der Waals surface area contributed by atoms with E-state index in [0.29, 0.717) is 4.34 Å². The van der Waals surface area contributed by atoms with Gasteiger partial charge in [0.25, 0.3) is 10.0 Å². The highest BCUT2D eigenvalue weighted by Gasteiger charge is 2.22. The molecule has 0 aliphatic carbocycles. The van der Waals surface area contributed by atoms with Crippen LogP contribution in [0, 0.1) is 0 Å². The molecule has 2 heterocycles. The number of rotatable bonds is 4. The van der Waals surface area contributed by atoms with Gasteiger partial charge < -0.3 is 5.73 Å². The fourth-order valence-electron chi connectivity index (χ4n) is 1.54. The molecule has 0 aliphatic rings. The van der Waals surface area contributed by atoms with E-state index in [9.17, 15) is 8.42 Å². The van der Waals surface area contributed by atoms with Gasteiger partial charge in [-0.2, -0.15) is 0 Å². The maximum Gasteiger partial charge on any atom is 0.260 e. The zero-order valence-corrected chi connectivity index (χ0v) is 12.4. The van der Waals surface area contributed by atoms with E-state index in [-0.39, 0.29) is 10.7 Å². The van der Waals surface area contributed by atoms with Crippen LogP contribution in [0.2, 0.25) is 4.34 Å². The number of anilines is 1. The zero-order valence-electron chi connectivity index (χ0n) is 10.00. The smallest absolute Gasteiger partial charge is 0.260 e. The normalized spacial score (nSPS) is 13.4. The van der Waals surface area contributed by atoms with Crippen LogP contribution < -0.4 is 10.5 Å². The average molecular weight is 318 g/mol. The van der Waals surface area contributed by atoms with E-state index in [2.05, 4.69) is 9.71 Å². The SMILES string of the molecule is CC(NS(=O)(=O)c1ncccc1N)c1ccc(Cl)s1. The summed E-state index contributed by atoms with van der Waals surface area (Å²) in [6.07, 6.45) is 1.39. The van der Waals surface area contributed by atoms with Crippen LogP contribution in [0.15, 0.2) is 35.5 Å². The molecule has 19 heavy (non-hydrogen) atoms. The van der Waals surface area contributed by atoms with Crippen LogP contribution in [0.4, 0.5) is 5.69 Å². The van der Waals surface area contributed by atoms with Gasteiger partial charge in [-0.15, -0.1) is 11.3 Å². The van der Waals surface area contributed by atoms with Crippen LogP contribution in [0.25, 0.3) is 0 Å². The van der Waals surface area contributed by atoms with Crippen molar-refractivity contribution in [3.05, 3.63) is 39.7 Å². The van der Waals surface area contributed by atoms with E-state index in [1.165, 1.54) is 23.6 Å². The minimum absolute atomic E-state index is 0.117. The van der Waals surface area contributed by atoms with Crippen molar-refractivity contribution in [2.75, 3.05) is 5.73 Å². The Morgan fingerprint density at radius 3 is 2.74 bits per heavy atom. The third-order valence-electron chi connectivity index (χ3n) is 2.41. The monoisotopic (exact) mass is 317 g/mol. The fraction of sp³-hybridized carbons (Fsp3) is 0.182. The minimum atomic E-state index is -3.75. The highest BCUT2D eigenvalue weighted by Crippen LogP contribution is 2.28. The summed E-state index contributed by atoms with van der Waals surface area (Å²) in [7, 11) is -3.75. The predicted molar refractivity (Wildman–Crippen MR) is 76.7 cm³/mol. The van der Waals surface area contributed by atoms with E-state index >= 15 is 0 Å². The molecule has 0 fully saturated rings. The first kappa shape index (κ1) is 14.3. The van der Waals surface area contributed by atoms with Crippen LogP contribution in [0.5, 0.6) is 0 Å². The van der Waals surface area contributed by atoms with E-state index in [1.54, 1.807) is 25.1 Å². The number of thiophene rings is 1. The number of sulfonamides is 1. The largest absolute Gasteiger partial charge is 0.396 e. The lowest BCUT2D eigenvalue weighted by Crippen LogP contribution is -2.27. The van der Waals surface area contributed by atoms with Gasteiger partial charge in [0.15, 0.2) is 5.03 Å². The zero-order chi connectivity index (χ0) is 14.0. The third-order valence-corrected chi connectivity index (χ3v) is 5.34. The maximum atomic E-state index is 12.2. The number of nitrogen functional groups attached to an aromatic ring is 1. The van der Waals surface area contributed by atoms with Crippen LogP contribution in [0.3, 0.4) is 0 Å². The van der Waals surface area contributed by atoms with Crippen LogP contribution >= 0.6 is 22.9 Å². The Bertz CT molecular complexity index is 685. The van der Waals surface area contributed by atoms with Crippen molar-refractivity contribution in [2.24, 2.45) is 0 Å². The lowest BCUT2D eigenvalue weighted by atomic mass is 10.3. The molecule has 0 spiro atoms. The number of halogens is 1. The lowest BCUT2D eigenvalue weighted by molar-refractivity contribution is 0.565. The van der Waals surface area contributed by atoms with Gasteiger partial charge in [0.1, 0.15) is 0 Å². The summed E-state index contributed by atoms with van der Waals surface area (Å²) in [5.41, 5.74) is 5.74. The Labute approximate surface area is 120 Å². The van der Waals surface area contributed by atoms with Crippen molar-refractivity contribution in [1.29, 1.82) is 0 Å². The third kappa shape index (κ3) is 3.24. The number of nitrogens with one attached hydrogen (secondary N) is 1. The Hall–Kier alpha value is -1.15. The van der Waals surface area contributed by atoms with Crippen molar-refractivity contribution >= 4 is 38.6 Å². The summed E-state index contributed by atoms with van der Waals surface area (Å²) in [4.78, 5) is 4.63. The molecule has 2 rings (SSSR count). The number of aromatic nitrogens is 1. The van der Waals surface area contributed by atoms with Crippen LogP contribution in [0.1, 0.15) is 17.8 Å². The minimum Gasteiger partial charge on any atom is -0.396 e. The van der Waals surface area contributed by atoms with Gasteiger partial charge in [-0.3, -0.25) is 0 Å². The molecule has 0 bridgehead atoms. The number of nitrogens with zero attached hydrogens (tertiary/aromatic N) is 1. The first-order valence-corrected chi connectivity index (χ1v) is 8.06. The van der Waals surface area contributed by atoms with E-state index < -0.39 is 16.1 Å². The van der Waals surface area contributed by atoms with Crippen molar-refractivity contribution in [2.45, 2.75) is 18.0 Å². The highest BCUT2D eigenvalue weighted by atomic mass is 35.5. The summed E-state index contributed by atoms with van der Waals surface area (Å²) in [5, 5.41) is -0.162. The summed E-state index contributed by atoms with van der Waals surface area (Å²) >= 11 is 7.15. The van der Waals surface area contributed by atoms with E-state index in [0.717, 1.165) is 4.88 Å². The van der Waals surface area contributed by atoms with Crippen LogP contribution in [-0.4, -0.2) is 13.4 Å². The number of nitrogens with two attached hydrogens (primary N) is 1. The molecule has 0 saturated heterocycles. The molecule has 0 aromatic carbocycles. The number of hydrogen-bond donors (Lipinski definition) is 2. The highest BCUT2D eigenvalue weighted by molar-refractivity contribution is 7.89. The first-order chi connectivity index (χ1) is 8.90. The molecule has 1 unspecified atom stereocenters. The molecule has 0 radical (unpaired) electrons. The average Bonchev–Trinajstić information content (AvgIpc) is 2.76. The van der Waals surface area contributed by atoms with Crippen molar-refractivity contribution in [1.82, 2.24) is 9.71 Å². The van der Waals surface area contributed by atoms with Gasteiger partial charge in [-0.1, -0.05) is 11.6 Å². The number of hydrogen-bond acceptors (Lipinski definition) is 5.